The number of carbonyl (C=O) groups is 2. The van der Waals surface area contributed by atoms with Crippen molar-refractivity contribution >= 4 is 23.1 Å². The van der Waals surface area contributed by atoms with Gasteiger partial charge in [-0.05, 0) is 73.0 Å². The van der Waals surface area contributed by atoms with Gasteiger partial charge >= 0.3 is 0 Å². The highest BCUT2D eigenvalue weighted by Gasteiger charge is 2.47. The number of halogens is 1. The zero-order valence-corrected chi connectivity index (χ0v) is 18.2. The molecule has 2 unspecified atom stereocenters. The van der Waals surface area contributed by atoms with Gasteiger partial charge < -0.3 is 9.84 Å². The van der Waals surface area contributed by atoms with E-state index >= 15 is 0 Å². The van der Waals surface area contributed by atoms with E-state index in [0.29, 0.717) is 23.2 Å². The second kappa shape index (κ2) is 7.89. The van der Waals surface area contributed by atoms with E-state index in [1.165, 1.54) is 29.2 Å². The number of anilines is 1. The zero-order valence-electron chi connectivity index (χ0n) is 18.2. The number of amides is 1. The number of hydrogen-bond acceptors (Lipinski definition) is 4. The molecule has 2 atom stereocenters. The van der Waals surface area contributed by atoms with Gasteiger partial charge in [-0.3, -0.25) is 14.5 Å². The lowest BCUT2D eigenvalue weighted by Gasteiger charge is -2.26. The van der Waals surface area contributed by atoms with Crippen LogP contribution in [0.3, 0.4) is 0 Å². The summed E-state index contributed by atoms with van der Waals surface area (Å²) < 4.78 is 19.3. The van der Waals surface area contributed by atoms with Crippen LogP contribution in [-0.4, -0.2) is 22.9 Å². The van der Waals surface area contributed by atoms with Crippen LogP contribution in [0.5, 0.6) is 5.75 Å². The maximum atomic E-state index is 13.6. The Labute approximate surface area is 190 Å². The number of carbonyl (C=O) groups excluding carboxylic acids is 2. The van der Waals surface area contributed by atoms with Gasteiger partial charge in [-0.25, -0.2) is 4.39 Å². The quantitative estimate of drug-likeness (QED) is 0.348. The summed E-state index contributed by atoms with van der Waals surface area (Å²) in [6.45, 7) is 3.85. The minimum Gasteiger partial charge on any atom is -0.507 e. The Bertz CT molecular complexity index is 1310. The van der Waals surface area contributed by atoms with Crippen molar-refractivity contribution in [2.24, 2.45) is 0 Å². The fourth-order valence-corrected chi connectivity index (χ4v) is 4.61. The summed E-state index contributed by atoms with van der Waals surface area (Å²) in [4.78, 5) is 27.8. The Morgan fingerprint density at radius 2 is 1.79 bits per heavy atom. The standard InChI is InChI=1S/C27H22FNO4/c1-15-5-3-4-6-21(15)24-23(25(30)17-7-12-22-18(14-17)13-16(2)33-22)26(31)27(32)29(24)20-10-8-19(28)9-11-20/h3-12,14,16,24,30H,13H2,1-2H3/b25-23+. The summed E-state index contributed by atoms with van der Waals surface area (Å²) >= 11 is 0. The number of aryl methyl sites for hydroxylation is 1. The van der Waals surface area contributed by atoms with Crippen molar-refractivity contribution in [2.75, 3.05) is 4.90 Å². The molecule has 0 spiro atoms. The van der Waals surface area contributed by atoms with E-state index in [2.05, 4.69) is 0 Å². The lowest BCUT2D eigenvalue weighted by atomic mass is 9.92. The van der Waals surface area contributed by atoms with E-state index in [4.69, 9.17) is 4.74 Å². The first-order valence-electron chi connectivity index (χ1n) is 10.8. The normalized spacial score (nSPS) is 21.2. The molecule has 2 aliphatic heterocycles. The second-order valence-corrected chi connectivity index (χ2v) is 8.46. The van der Waals surface area contributed by atoms with E-state index in [1.54, 1.807) is 18.2 Å². The number of ketones is 1. The highest BCUT2D eigenvalue weighted by molar-refractivity contribution is 6.51. The van der Waals surface area contributed by atoms with E-state index < -0.39 is 23.5 Å². The fraction of sp³-hybridized carbons (Fsp3) is 0.185. The summed E-state index contributed by atoms with van der Waals surface area (Å²) in [5.41, 5.74) is 3.33. The number of nitrogens with zero attached hydrogens (tertiary/aromatic N) is 1. The first kappa shape index (κ1) is 20.9. The Hall–Kier alpha value is -3.93. The van der Waals surface area contributed by atoms with Crippen LogP contribution in [0.15, 0.2) is 72.3 Å². The summed E-state index contributed by atoms with van der Waals surface area (Å²) in [6.07, 6.45) is 0.732. The van der Waals surface area contributed by atoms with Crippen molar-refractivity contribution in [2.45, 2.75) is 32.4 Å². The number of Topliss-reactive ketones (excluding diaryl/α,β-unsaturated/α-hetero) is 1. The van der Waals surface area contributed by atoms with Gasteiger partial charge in [0.15, 0.2) is 0 Å². The molecule has 0 radical (unpaired) electrons. The minimum atomic E-state index is -0.847. The third-order valence-corrected chi connectivity index (χ3v) is 6.20. The zero-order chi connectivity index (χ0) is 23.3. The Kier molecular flexibility index (Phi) is 5.01. The minimum absolute atomic E-state index is 0.00513. The van der Waals surface area contributed by atoms with Gasteiger partial charge in [-0.15, -0.1) is 0 Å². The van der Waals surface area contributed by atoms with Crippen LogP contribution in [0.4, 0.5) is 10.1 Å². The third kappa shape index (κ3) is 3.48. The lowest BCUT2D eigenvalue weighted by Crippen LogP contribution is -2.29. The highest BCUT2D eigenvalue weighted by atomic mass is 19.1. The number of fused-ring (bicyclic) bond motifs is 1. The van der Waals surface area contributed by atoms with Gasteiger partial charge in [-0.2, -0.15) is 0 Å². The third-order valence-electron chi connectivity index (χ3n) is 6.20. The molecule has 33 heavy (non-hydrogen) atoms. The first-order valence-corrected chi connectivity index (χ1v) is 10.8. The molecular weight excluding hydrogens is 421 g/mol. The van der Waals surface area contributed by atoms with Gasteiger partial charge in [0, 0.05) is 17.7 Å². The lowest BCUT2D eigenvalue weighted by molar-refractivity contribution is -0.132. The second-order valence-electron chi connectivity index (χ2n) is 8.46. The molecule has 0 bridgehead atoms. The molecule has 1 N–H and O–H groups in total. The smallest absolute Gasteiger partial charge is 0.300 e. The number of aliphatic hydroxyl groups excluding tert-OH is 1. The van der Waals surface area contributed by atoms with Gasteiger partial charge in [0.2, 0.25) is 0 Å². The molecule has 1 saturated heterocycles. The molecule has 5 nitrogen and oxygen atoms in total. The number of ether oxygens (including phenoxy) is 1. The number of hydrogen-bond donors (Lipinski definition) is 1. The van der Waals surface area contributed by atoms with E-state index in [-0.39, 0.29) is 17.4 Å². The van der Waals surface area contributed by atoms with E-state index in [0.717, 1.165) is 16.9 Å². The maximum Gasteiger partial charge on any atom is 0.300 e. The Morgan fingerprint density at radius 3 is 2.52 bits per heavy atom. The average Bonchev–Trinajstić information content (AvgIpc) is 3.30. The van der Waals surface area contributed by atoms with Crippen LogP contribution in [0, 0.1) is 12.7 Å². The summed E-state index contributed by atoms with van der Waals surface area (Å²) in [5.74, 6) is -1.49. The molecule has 0 aliphatic carbocycles. The maximum absolute atomic E-state index is 13.6. The molecule has 0 saturated carbocycles. The SMILES string of the molecule is Cc1ccccc1C1/C(=C(\O)c2ccc3c(c2)CC(C)O3)C(=O)C(=O)N1c1ccc(F)cc1. The van der Waals surface area contributed by atoms with Crippen molar-refractivity contribution in [3.05, 3.63) is 100 Å². The van der Waals surface area contributed by atoms with Gasteiger partial charge in [0.05, 0.1) is 11.6 Å². The number of aliphatic hydroxyl groups is 1. The van der Waals surface area contributed by atoms with Crippen LogP contribution in [0.1, 0.15) is 35.2 Å². The monoisotopic (exact) mass is 443 g/mol. The van der Waals surface area contributed by atoms with Crippen LogP contribution in [0.2, 0.25) is 0 Å². The summed E-state index contributed by atoms with van der Waals surface area (Å²) in [5, 5.41) is 11.3. The molecule has 3 aromatic rings. The van der Waals surface area contributed by atoms with Crippen LogP contribution in [0.25, 0.3) is 5.76 Å². The van der Waals surface area contributed by atoms with Crippen LogP contribution >= 0.6 is 0 Å². The molecule has 2 aliphatic rings. The van der Waals surface area contributed by atoms with Crippen molar-refractivity contribution in [1.82, 2.24) is 0 Å². The van der Waals surface area contributed by atoms with E-state index in [9.17, 15) is 19.1 Å². The molecule has 6 heteroatoms. The molecule has 1 amide bonds. The fourth-order valence-electron chi connectivity index (χ4n) is 4.61. The van der Waals surface area contributed by atoms with Crippen molar-refractivity contribution < 1.29 is 23.8 Å². The molecular formula is C27H22FNO4. The van der Waals surface area contributed by atoms with E-state index in [1.807, 2.05) is 38.1 Å². The van der Waals surface area contributed by atoms with Crippen molar-refractivity contribution in [3.63, 3.8) is 0 Å². The van der Waals surface area contributed by atoms with Crippen LogP contribution < -0.4 is 9.64 Å². The van der Waals surface area contributed by atoms with Crippen LogP contribution in [-0.2, 0) is 16.0 Å². The average molecular weight is 443 g/mol. The number of benzene rings is 3. The predicted molar refractivity (Wildman–Crippen MR) is 123 cm³/mol. The largest absolute Gasteiger partial charge is 0.507 e. The number of rotatable bonds is 3. The molecule has 3 aromatic carbocycles. The van der Waals surface area contributed by atoms with Gasteiger partial charge in [-0.1, -0.05) is 24.3 Å². The molecule has 2 heterocycles. The predicted octanol–water partition coefficient (Wildman–Crippen LogP) is 5.08. The Balaban J connectivity index is 1.70. The Morgan fingerprint density at radius 1 is 1.06 bits per heavy atom. The highest BCUT2D eigenvalue weighted by Crippen LogP contribution is 2.43. The summed E-state index contributed by atoms with van der Waals surface area (Å²) in [6, 6.07) is 17.2. The van der Waals surface area contributed by atoms with Gasteiger partial charge in [0.1, 0.15) is 23.4 Å². The van der Waals surface area contributed by atoms with Crippen molar-refractivity contribution in [1.29, 1.82) is 0 Å². The molecule has 166 valence electrons. The van der Waals surface area contributed by atoms with Gasteiger partial charge in [0.25, 0.3) is 11.7 Å². The summed E-state index contributed by atoms with van der Waals surface area (Å²) in [7, 11) is 0. The molecule has 0 aromatic heterocycles. The first-order chi connectivity index (χ1) is 15.8. The van der Waals surface area contributed by atoms with Crippen molar-refractivity contribution in [3.8, 4) is 5.75 Å². The topological polar surface area (TPSA) is 66.8 Å². The molecule has 5 rings (SSSR count). The molecule has 1 fully saturated rings.